The van der Waals surface area contributed by atoms with Crippen LogP contribution in [0.25, 0.3) is 11.0 Å². The molecule has 1 aromatic heterocycles. The van der Waals surface area contributed by atoms with Gasteiger partial charge < -0.3 is 8.84 Å². The molecule has 2 rings (SSSR count). The zero-order valence-electron chi connectivity index (χ0n) is 12.2. The van der Waals surface area contributed by atoms with Crippen molar-refractivity contribution in [3.63, 3.8) is 0 Å². The first-order valence-corrected chi connectivity index (χ1v) is 9.79. The minimum atomic E-state index is -1.73. The summed E-state index contributed by atoms with van der Waals surface area (Å²) in [6.45, 7) is 11.9. The Hall–Kier alpha value is -0.773. The van der Waals surface area contributed by atoms with Crippen LogP contribution in [0.4, 0.5) is 0 Å². The standard InChI is InChI=1S/C15H21ClO2Si/c1-15(2,3)19(4,5)18-10-11-6-7-13(16)14-12(11)8-9-17-14/h6-9H,10H2,1-5H3. The zero-order chi connectivity index (χ0) is 14.3. The van der Waals surface area contributed by atoms with Crippen molar-refractivity contribution in [2.75, 3.05) is 0 Å². The summed E-state index contributed by atoms with van der Waals surface area (Å²) < 4.78 is 11.7. The molecule has 0 aliphatic heterocycles. The molecule has 0 spiro atoms. The lowest BCUT2D eigenvalue weighted by Gasteiger charge is -2.36. The van der Waals surface area contributed by atoms with E-state index in [4.69, 9.17) is 20.4 Å². The van der Waals surface area contributed by atoms with Gasteiger partial charge in [-0.05, 0) is 35.8 Å². The number of furan rings is 1. The molecule has 19 heavy (non-hydrogen) atoms. The third-order valence-corrected chi connectivity index (χ3v) is 8.83. The molecule has 104 valence electrons. The smallest absolute Gasteiger partial charge is 0.192 e. The first-order valence-electron chi connectivity index (χ1n) is 6.51. The van der Waals surface area contributed by atoms with E-state index in [-0.39, 0.29) is 5.04 Å². The van der Waals surface area contributed by atoms with Crippen LogP contribution in [0.3, 0.4) is 0 Å². The van der Waals surface area contributed by atoms with E-state index in [9.17, 15) is 0 Å². The molecule has 1 aromatic carbocycles. The van der Waals surface area contributed by atoms with Gasteiger partial charge in [0.05, 0.1) is 17.9 Å². The predicted octanol–water partition coefficient (Wildman–Crippen LogP) is 5.61. The van der Waals surface area contributed by atoms with Crippen molar-refractivity contribution >= 4 is 30.9 Å². The van der Waals surface area contributed by atoms with Gasteiger partial charge in [-0.2, -0.15) is 0 Å². The molecule has 0 bridgehead atoms. The molecule has 1 heterocycles. The van der Waals surface area contributed by atoms with Crippen LogP contribution in [0.2, 0.25) is 23.2 Å². The maximum atomic E-state index is 6.25. The largest absolute Gasteiger partial charge is 0.463 e. The third-order valence-electron chi connectivity index (χ3n) is 4.05. The van der Waals surface area contributed by atoms with Crippen LogP contribution in [0.15, 0.2) is 28.9 Å². The number of fused-ring (bicyclic) bond motifs is 1. The molecule has 0 atom stereocenters. The van der Waals surface area contributed by atoms with Crippen molar-refractivity contribution in [2.24, 2.45) is 0 Å². The van der Waals surface area contributed by atoms with Crippen LogP contribution in [-0.4, -0.2) is 8.32 Å². The molecule has 0 unspecified atom stereocenters. The number of benzene rings is 1. The maximum Gasteiger partial charge on any atom is 0.192 e. The highest BCUT2D eigenvalue weighted by Gasteiger charge is 2.37. The molecule has 0 saturated carbocycles. The van der Waals surface area contributed by atoms with Gasteiger partial charge in [-0.1, -0.05) is 38.4 Å². The molecule has 0 fully saturated rings. The summed E-state index contributed by atoms with van der Waals surface area (Å²) in [4.78, 5) is 0. The molecule has 2 nitrogen and oxygen atoms in total. The average Bonchev–Trinajstić information content (AvgIpc) is 2.76. The Morgan fingerprint density at radius 2 is 1.89 bits per heavy atom. The Morgan fingerprint density at radius 3 is 2.53 bits per heavy atom. The maximum absolute atomic E-state index is 6.25. The first kappa shape index (κ1) is 14.6. The third kappa shape index (κ3) is 2.88. The Bertz CT molecular complexity index is 581. The lowest BCUT2D eigenvalue weighted by atomic mass is 10.1. The SMILES string of the molecule is CC(C)(C)[Si](C)(C)OCc1ccc(Cl)c2occc12. The normalized spacial score (nSPS) is 13.2. The van der Waals surface area contributed by atoms with Crippen LogP contribution in [0.1, 0.15) is 26.3 Å². The number of halogens is 1. The van der Waals surface area contributed by atoms with Crippen molar-refractivity contribution in [1.29, 1.82) is 0 Å². The lowest BCUT2D eigenvalue weighted by molar-refractivity contribution is 0.277. The van der Waals surface area contributed by atoms with Gasteiger partial charge in [-0.25, -0.2) is 0 Å². The molecule has 2 aromatic rings. The van der Waals surface area contributed by atoms with E-state index in [1.54, 1.807) is 6.26 Å². The van der Waals surface area contributed by atoms with Crippen molar-refractivity contribution < 1.29 is 8.84 Å². The summed E-state index contributed by atoms with van der Waals surface area (Å²) in [5.74, 6) is 0. The molecular weight excluding hydrogens is 276 g/mol. The van der Waals surface area contributed by atoms with Crippen LogP contribution in [-0.2, 0) is 11.0 Å². The average molecular weight is 297 g/mol. The van der Waals surface area contributed by atoms with Gasteiger partial charge >= 0.3 is 0 Å². The number of hydrogen-bond acceptors (Lipinski definition) is 2. The summed E-state index contributed by atoms with van der Waals surface area (Å²) in [6, 6.07) is 5.84. The predicted molar refractivity (Wildman–Crippen MR) is 83.2 cm³/mol. The van der Waals surface area contributed by atoms with E-state index in [0.717, 1.165) is 16.5 Å². The van der Waals surface area contributed by atoms with Crippen LogP contribution >= 0.6 is 11.6 Å². The second kappa shape index (κ2) is 4.96. The number of hydrogen-bond donors (Lipinski definition) is 0. The van der Waals surface area contributed by atoms with Crippen molar-refractivity contribution in [2.45, 2.75) is 45.5 Å². The van der Waals surface area contributed by atoms with Gasteiger partial charge in [0.1, 0.15) is 0 Å². The molecule has 0 amide bonds. The Kier molecular flexibility index (Phi) is 3.82. The summed E-state index contributed by atoms with van der Waals surface area (Å²) in [5, 5.41) is 1.91. The quantitative estimate of drug-likeness (QED) is 0.687. The summed E-state index contributed by atoms with van der Waals surface area (Å²) in [6.07, 6.45) is 1.67. The van der Waals surface area contributed by atoms with E-state index < -0.39 is 8.32 Å². The van der Waals surface area contributed by atoms with Crippen LogP contribution in [0, 0.1) is 0 Å². The van der Waals surface area contributed by atoms with Gasteiger partial charge in [0.15, 0.2) is 13.9 Å². The number of rotatable bonds is 3. The van der Waals surface area contributed by atoms with Crippen molar-refractivity contribution in [3.05, 3.63) is 35.0 Å². The second-order valence-corrected chi connectivity index (χ2v) is 11.6. The molecule has 0 radical (unpaired) electrons. The highest BCUT2D eigenvalue weighted by atomic mass is 35.5. The molecular formula is C15H21ClO2Si. The highest BCUT2D eigenvalue weighted by Crippen LogP contribution is 2.37. The Morgan fingerprint density at radius 1 is 1.21 bits per heavy atom. The fraction of sp³-hybridized carbons (Fsp3) is 0.467. The van der Waals surface area contributed by atoms with Crippen LogP contribution in [0.5, 0.6) is 0 Å². The van der Waals surface area contributed by atoms with Crippen molar-refractivity contribution in [1.82, 2.24) is 0 Å². The molecule has 0 aliphatic carbocycles. The second-order valence-electron chi connectivity index (χ2n) is 6.42. The summed E-state index contributed by atoms with van der Waals surface area (Å²) in [7, 11) is -1.73. The Labute approximate surface area is 120 Å². The molecule has 4 heteroatoms. The first-order chi connectivity index (χ1) is 8.72. The van der Waals surface area contributed by atoms with E-state index in [1.807, 2.05) is 18.2 Å². The monoisotopic (exact) mass is 296 g/mol. The van der Waals surface area contributed by atoms with Gasteiger partial charge in [0.25, 0.3) is 0 Å². The van der Waals surface area contributed by atoms with E-state index >= 15 is 0 Å². The van der Waals surface area contributed by atoms with E-state index in [1.165, 1.54) is 0 Å². The van der Waals surface area contributed by atoms with Gasteiger partial charge in [0, 0.05) is 5.39 Å². The summed E-state index contributed by atoms with van der Waals surface area (Å²) in [5.41, 5.74) is 1.89. The zero-order valence-corrected chi connectivity index (χ0v) is 14.0. The van der Waals surface area contributed by atoms with E-state index in [0.29, 0.717) is 11.6 Å². The Balaban J connectivity index is 2.24. The fourth-order valence-corrected chi connectivity index (χ4v) is 2.85. The van der Waals surface area contributed by atoms with Crippen LogP contribution < -0.4 is 0 Å². The summed E-state index contributed by atoms with van der Waals surface area (Å²) >= 11 is 6.11. The molecule has 0 N–H and O–H groups in total. The fourth-order valence-electron chi connectivity index (χ4n) is 1.69. The topological polar surface area (TPSA) is 22.4 Å². The molecule has 0 aliphatic rings. The van der Waals surface area contributed by atoms with Gasteiger partial charge in [-0.15, -0.1) is 0 Å². The minimum absolute atomic E-state index is 0.217. The highest BCUT2D eigenvalue weighted by molar-refractivity contribution is 6.74. The van der Waals surface area contributed by atoms with Gasteiger partial charge in [-0.3, -0.25) is 0 Å². The van der Waals surface area contributed by atoms with E-state index in [2.05, 4.69) is 33.9 Å². The minimum Gasteiger partial charge on any atom is -0.463 e. The van der Waals surface area contributed by atoms with Gasteiger partial charge in [0.2, 0.25) is 0 Å². The van der Waals surface area contributed by atoms with Crippen molar-refractivity contribution in [3.8, 4) is 0 Å². The molecule has 0 saturated heterocycles. The lowest BCUT2D eigenvalue weighted by Crippen LogP contribution is -2.40.